The molecule has 2 aliphatic heterocycles. The Bertz CT molecular complexity index is 653. The van der Waals surface area contributed by atoms with Crippen molar-refractivity contribution in [3.8, 4) is 0 Å². The molecule has 1 aromatic carbocycles. The summed E-state index contributed by atoms with van der Waals surface area (Å²) >= 11 is 0. The molecule has 0 spiro atoms. The number of aliphatic imine (C=N–C) groups is 1. The summed E-state index contributed by atoms with van der Waals surface area (Å²) in [4.78, 5) is 29.5. The van der Waals surface area contributed by atoms with Crippen molar-refractivity contribution in [2.45, 2.75) is 19.4 Å². The van der Waals surface area contributed by atoms with Gasteiger partial charge in [-0.05, 0) is 19.1 Å². The predicted molar refractivity (Wildman–Crippen MR) is 76.2 cm³/mol. The molecular formula is C14H14N4O3. The maximum Gasteiger partial charge on any atom is 0.308 e. The molecule has 1 amide bonds. The number of amidine groups is 1. The monoisotopic (exact) mass is 286 g/mol. The molecule has 7 nitrogen and oxygen atoms in total. The fraction of sp³-hybridized carbons (Fsp3) is 0.286. The molecule has 21 heavy (non-hydrogen) atoms. The first kappa shape index (κ1) is 13.3. The summed E-state index contributed by atoms with van der Waals surface area (Å²) in [5.74, 6) is -0.196. The summed E-state index contributed by atoms with van der Waals surface area (Å²) in [6.07, 6.45) is 1.48. The van der Waals surface area contributed by atoms with Crippen LogP contribution in [0.25, 0.3) is 0 Å². The molecule has 0 fully saturated rings. The average Bonchev–Trinajstić information content (AvgIpc) is 2.50. The van der Waals surface area contributed by atoms with Gasteiger partial charge in [0.1, 0.15) is 6.04 Å². The molecule has 0 saturated heterocycles. The van der Waals surface area contributed by atoms with Gasteiger partial charge in [-0.2, -0.15) is 5.10 Å². The Balaban J connectivity index is 1.91. The Morgan fingerprint density at radius 3 is 3.05 bits per heavy atom. The molecule has 0 radical (unpaired) electrons. The number of amides is 1. The lowest BCUT2D eigenvalue weighted by atomic mass is 10.1. The van der Waals surface area contributed by atoms with Crippen LogP contribution in [-0.2, 0) is 14.3 Å². The minimum Gasteiger partial charge on any atom is -0.466 e. The highest BCUT2D eigenvalue weighted by Gasteiger charge is 2.36. The average molecular weight is 286 g/mol. The molecule has 0 unspecified atom stereocenters. The molecule has 3 rings (SSSR count). The molecule has 0 saturated carbocycles. The van der Waals surface area contributed by atoms with Gasteiger partial charge in [0.2, 0.25) is 0 Å². The van der Waals surface area contributed by atoms with Gasteiger partial charge in [0.05, 0.1) is 25.1 Å². The van der Waals surface area contributed by atoms with Crippen molar-refractivity contribution in [3.63, 3.8) is 0 Å². The van der Waals surface area contributed by atoms with Gasteiger partial charge in [-0.15, -0.1) is 0 Å². The first-order valence-electron chi connectivity index (χ1n) is 6.66. The highest BCUT2D eigenvalue weighted by atomic mass is 16.5. The Morgan fingerprint density at radius 1 is 1.43 bits per heavy atom. The number of nitrogens with zero attached hydrogens (tertiary/aromatic N) is 3. The van der Waals surface area contributed by atoms with Crippen molar-refractivity contribution in [1.82, 2.24) is 10.3 Å². The van der Waals surface area contributed by atoms with Gasteiger partial charge in [0.15, 0.2) is 5.84 Å². The number of fused-ring (bicyclic) bond motifs is 3. The number of hydrogen-bond acceptors (Lipinski definition) is 6. The number of carbonyl (C=O) groups is 2. The molecule has 0 aliphatic carbocycles. The lowest BCUT2D eigenvalue weighted by Crippen LogP contribution is -2.54. The lowest BCUT2D eigenvalue weighted by molar-refractivity contribution is -0.146. The number of para-hydroxylation sites is 1. The number of ether oxygens (including phenoxy) is 1. The zero-order valence-corrected chi connectivity index (χ0v) is 11.4. The number of rotatable bonds is 3. The van der Waals surface area contributed by atoms with Crippen molar-refractivity contribution in [2.75, 3.05) is 6.61 Å². The van der Waals surface area contributed by atoms with Crippen LogP contribution in [-0.4, -0.2) is 41.6 Å². The van der Waals surface area contributed by atoms with Crippen molar-refractivity contribution in [3.05, 3.63) is 29.8 Å². The number of nitrogens with one attached hydrogen (secondary N) is 1. The van der Waals surface area contributed by atoms with E-state index in [4.69, 9.17) is 4.74 Å². The van der Waals surface area contributed by atoms with Gasteiger partial charge in [0, 0.05) is 5.56 Å². The van der Waals surface area contributed by atoms with Crippen molar-refractivity contribution >= 4 is 29.7 Å². The van der Waals surface area contributed by atoms with Crippen LogP contribution in [0.15, 0.2) is 34.4 Å². The van der Waals surface area contributed by atoms with E-state index in [-0.39, 0.29) is 18.9 Å². The lowest BCUT2D eigenvalue weighted by Gasteiger charge is -2.34. The first-order valence-corrected chi connectivity index (χ1v) is 6.66. The van der Waals surface area contributed by atoms with Crippen LogP contribution in [0.2, 0.25) is 0 Å². The van der Waals surface area contributed by atoms with Gasteiger partial charge in [-0.1, -0.05) is 12.1 Å². The summed E-state index contributed by atoms with van der Waals surface area (Å²) in [5.41, 5.74) is 4.05. The second-order valence-electron chi connectivity index (χ2n) is 4.61. The maximum absolute atomic E-state index is 12.0. The fourth-order valence-corrected chi connectivity index (χ4v) is 2.32. The summed E-state index contributed by atoms with van der Waals surface area (Å²) in [6.45, 7) is 2.01. The predicted octanol–water partition coefficient (Wildman–Crippen LogP) is 0.775. The number of esters is 1. The third kappa shape index (κ3) is 2.37. The van der Waals surface area contributed by atoms with Crippen LogP contribution < -0.4 is 5.43 Å². The summed E-state index contributed by atoms with van der Waals surface area (Å²) in [5, 5.41) is 4.08. The Kier molecular flexibility index (Phi) is 3.39. The molecule has 1 N–H and O–H groups in total. The standard InChI is InChI=1S/C14H14N4O3/c1-2-21-12(19)7-11-14(20)17-16-13-9-5-3-4-6-10(9)15-8-18(11)13/h3-6,8,11H,2,7H2,1H3,(H,17,20)/t11-/m0/s1. The molecule has 108 valence electrons. The molecule has 1 aromatic rings. The molecule has 2 aliphatic rings. The topological polar surface area (TPSA) is 83.4 Å². The number of hydrazone groups is 1. The minimum absolute atomic E-state index is 0.0487. The summed E-state index contributed by atoms with van der Waals surface area (Å²) < 4.78 is 4.91. The highest BCUT2D eigenvalue weighted by molar-refractivity contribution is 6.14. The van der Waals surface area contributed by atoms with Crippen LogP contribution in [0.4, 0.5) is 5.69 Å². The normalized spacial score (nSPS) is 19.3. The van der Waals surface area contributed by atoms with E-state index < -0.39 is 12.0 Å². The van der Waals surface area contributed by atoms with E-state index in [1.165, 1.54) is 6.34 Å². The Labute approximate surface area is 121 Å². The van der Waals surface area contributed by atoms with E-state index in [0.717, 1.165) is 11.3 Å². The molecule has 0 bridgehead atoms. The van der Waals surface area contributed by atoms with Crippen molar-refractivity contribution in [1.29, 1.82) is 0 Å². The maximum atomic E-state index is 12.0. The molecule has 1 atom stereocenters. The highest BCUT2D eigenvalue weighted by Crippen LogP contribution is 2.27. The van der Waals surface area contributed by atoms with Crippen LogP contribution in [0.5, 0.6) is 0 Å². The first-order chi connectivity index (χ1) is 10.2. The summed E-state index contributed by atoms with van der Waals surface area (Å²) in [6, 6.07) is 6.79. The van der Waals surface area contributed by atoms with E-state index in [1.54, 1.807) is 11.8 Å². The Morgan fingerprint density at radius 2 is 2.24 bits per heavy atom. The smallest absolute Gasteiger partial charge is 0.308 e. The van der Waals surface area contributed by atoms with Gasteiger partial charge in [-0.25, -0.2) is 10.4 Å². The van der Waals surface area contributed by atoms with Gasteiger partial charge in [0.25, 0.3) is 5.91 Å². The third-order valence-electron chi connectivity index (χ3n) is 3.29. The van der Waals surface area contributed by atoms with Crippen molar-refractivity contribution in [2.24, 2.45) is 10.1 Å². The number of carbonyl (C=O) groups excluding carboxylic acids is 2. The van der Waals surface area contributed by atoms with Crippen molar-refractivity contribution < 1.29 is 14.3 Å². The number of hydrogen-bond donors (Lipinski definition) is 1. The minimum atomic E-state index is -0.700. The van der Waals surface area contributed by atoms with Gasteiger partial charge >= 0.3 is 5.97 Å². The second kappa shape index (κ2) is 5.35. The summed E-state index contributed by atoms with van der Waals surface area (Å²) in [7, 11) is 0. The number of benzene rings is 1. The fourth-order valence-electron chi connectivity index (χ4n) is 2.32. The quantitative estimate of drug-likeness (QED) is 0.832. The zero-order valence-electron chi connectivity index (χ0n) is 11.4. The zero-order chi connectivity index (χ0) is 14.8. The van der Waals surface area contributed by atoms with E-state index in [1.807, 2.05) is 24.3 Å². The molecule has 7 heteroatoms. The SMILES string of the molecule is CCOC(=O)C[C@H]1C(=O)NN=C2c3ccccc3N=CN21. The van der Waals surface area contributed by atoms with Crippen LogP contribution in [0.1, 0.15) is 18.9 Å². The van der Waals surface area contributed by atoms with Crippen LogP contribution in [0.3, 0.4) is 0 Å². The van der Waals surface area contributed by atoms with Gasteiger partial charge < -0.3 is 9.64 Å². The van der Waals surface area contributed by atoms with E-state index in [0.29, 0.717) is 5.84 Å². The van der Waals surface area contributed by atoms with E-state index in [9.17, 15) is 9.59 Å². The van der Waals surface area contributed by atoms with Gasteiger partial charge in [-0.3, -0.25) is 9.59 Å². The third-order valence-corrected chi connectivity index (χ3v) is 3.29. The Hall–Kier alpha value is -2.70. The van der Waals surface area contributed by atoms with Crippen LogP contribution >= 0.6 is 0 Å². The molecule has 2 heterocycles. The molecular weight excluding hydrogens is 272 g/mol. The second-order valence-corrected chi connectivity index (χ2v) is 4.61. The van der Waals surface area contributed by atoms with Crippen LogP contribution in [0, 0.1) is 0 Å². The van der Waals surface area contributed by atoms with E-state index in [2.05, 4.69) is 15.5 Å². The largest absolute Gasteiger partial charge is 0.466 e. The van der Waals surface area contributed by atoms with E-state index >= 15 is 0 Å². The molecule has 0 aromatic heterocycles.